The summed E-state index contributed by atoms with van der Waals surface area (Å²) in [7, 11) is 0. The minimum absolute atomic E-state index is 0.0748. The number of nitrogen functional groups attached to an aromatic ring is 2. The normalized spacial score (nSPS) is 10.8. The van der Waals surface area contributed by atoms with Gasteiger partial charge < -0.3 is 11.5 Å². The number of nitrogens with zero attached hydrogens (tertiary/aromatic N) is 1. The molecule has 0 aliphatic carbocycles. The molecule has 0 aliphatic heterocycles. The number of rotatable bonds is 3. The lowest BCUT2D eigenvalue weighted by molar-refractivity contribution is 1.37. The standard InChI is InChI=1S/C22H18N4/c23-21(24)17-11-7-15(8-12-17)14-5-9-16(10-6-14)20-19-4-2-1-3-18(19)13-26-22(20)25/h1-13H,(H3,23,24)(H2,25,26). The largest absolute Gasteiger partial charge is 0.384 e. The van der Waals surface area contributed by atoms with Crippen LogP contribution in [-0.4, -0.2) is 10.8 Å². The van der Waals surface area contributed by atoms with E-state index in [0.717, 1.165) is 38.6 Å². The monoisotopic (exact) mass is 338 g/mol. The van der Waals surface area contributed by atoms with E-state index >= 15 is 0 Å². The summed E-state index contributed by atoms with van der Waals surface area (Å²) in [5, 5.41) is 9.65. The van der Waals surface area contributed by atoms with Gasteiger partial charge in [-0.3, -0.25) is 5.41 Å². The highest BCUT2D eigenvalue weighted by atomic mass is 14.8. The van der Waals surface area contributed by atoms with E-state index < -0.39 is 0 Å². The van der Waals surface area contributed by atoms with Gasteiger partial charge in [-0.15, -0.1) is 0 Å². The van der Waals surface area contributed by atoms with Crippen molar-refractivity contribution in [3.63, 3.8) is 0 Å². The molecule has 0 aliphatic rings. The Morgan fingerprint density at radius 1 is 0.769 bits per heavy atom. The molecule has 0 saturated carbocycles. The molecule has 0 fully saturated rings. The lowest BCUT2D eigenvalue weighted by Gasteiger charge is -2.10. The molecule has 4 heteroatoms. The molecule has 0 radical (unpaired) electrons. The molecule has 4 nitrogen and oxygen atoms in total. The number of nitrogens with two attached hydrogens (primary N) is 2. The van der Waals surface area contributed by atoms with Gasteiger partial charge in [-0.1, -0.05) is 72.8 Å². The second kappa shape index (κ2) is 6.33. The van der Waals surface area contributed by atoms with Crippen LogP contribution >= 0.6 is 0 Å². The van der Waals surface area contributed by atoms with E-state index in [-0.39, 0.29) is 5.84 Å². The van der Waals surface area contributed by atoms with Crippen LogP contribution in [0, 0.1) is 5.41 Å². The van der Waals surface area contributed by atoms with Gasteiger partial charge in [0.2, 0.25) is 0 Å². The maximum atomic E-state index is 7.48. The summed E-state index contributed by atoms with van der Waals surface area (Å²) in [6.45, 7) is 0. The second-order valence-corrected chi connectivity index (χ2v) is 6.17. The van der Waals surface area contributed by atoms with Gasteiger partial charge in [-0.2, -0.15) is 0 Å². The molecule has 4 aromatic rings. The summed E-state index contributed by atoms with van der Waals surface area (Å²) >= 11 is 0. The highest BCUT2D eigenvalue weighted by Crippen LogP contribution is 2.33. The predicted octanol–water partition coefficient (Wildman–Crippen LogP) is 4.44. The van der Waals surface area contributed by atoms with Crippen LogP contribution in [0.1, 0.15) is 5.56 Å². The summed E-state index contributed by atoms with van der Waals surface area (Å²) in [6.07, 6.45) is 1.80. The van der Waals surface area contributed by atoms with Crippen molar-refractivity contribution in [3.05, 3.63) is 84.6 Å². The Kier molecular flexibility index (Phi) is 3.86. The van der Waals surface area contributed by atoms with Crippen LogP contribution < -0.4 is 11.5 Å². The smallest absolute Gasteiger partial charge is 0.131 e. The summed E-state index contributed by atoms with van der Waals surface area (Å²) in [5.41, 5.74) is 16.6. The van der Waals surface area contributed by atoms with Gasteiger partial charge in [-0.25, -0.2) is 4.98 Å². The number of benzene rings is 3. The number of anilines is 1. The lowest BCUT2D eigenvalue weighted by Crippen LogP contribution is -2.10. The van der Waals surface area contributed by atoms with Gasteiger partial charge in [0.15, 0.2) is 0 Å². The van der Waals surface area contributed by atoms with Crippen LogP contribution in [0.5, 0.6) is 0 Å². The number of amidine groups is 1. The van der Waals surface area contributed by atoms with Crippen LogP contribution in [0.25, 0.3) is 33.0 Å². The van der Waals surface area contributed by atoms with E-state index in [1.807, 2.05) is 42.5 Å². The van der Waals surface area contributed by atoms with E-state index in [0.29, 0.717) is 5.82 Å². The molecule has 0 unspecified atom stereocenters. The van der Waals surface area contributed by atoms with Crippen molar-refractivity contribution < 1.29 is 0 Å². The van der Waals surface area contributed by atoms with Gasteiger partial charge in [0.25, 0.3) is 0 Å². The third-order valence-corrected chi connectivity index (χ3v) is 4.53. The van der Waals surface area contributed by atoms with Crippen LogP contribution in [0.4, 0.5) is 5.82 Å². The fraction of sp³-hybridized carbons (Fsp3) is 0. The van der Waals surface area contributed by atoms with Crippen molar-refractivity contribution in [1.29, 1.82) is 5.41 Å². The highest BCUT2D eigenvalue weighted by molar-refractivity contribution is 6.00. The van der Waals surface area contributed by atoms with Crippen molar-refractivity contribution in [1.82, 2.24) is 4.98 Å². The Balaban J connectivity index is 1.75. The van der Waals surface area contributed by atoms with Crippen molar-refractivity contribution >= 4 is 22.4 Å². The SMILES string of the molecule is N=C(N)c1ccc(-c2ccc(-c3c(N)ncc4ccccc34)cc2)cc1. The van der Waals surface area contributed by atoms with E-state index in [2.05, 4.69) is 35.3 Å². The summed E-state index contributed by atoms with van der Waals surface area (Å²) in [6, 6.07) is 24.0. The number of nitrogens with one attached hydrogen (secondary N) is 1. The number of hydrogen-bond acceptors (Lipinski definition) is 3. The van der Waals surface area contributed by atoms with Gasteiger partial charge in [0.1, 0.15) is 11.7 Å². The first kappa shape index (κ1) is 15.8. The molecular weight excluding hydrogens is 320 g/mol. The Hall–Kier alpha value is -3.66. The first-order valence-corrected chi connectivity index (χ1v) is 8.32. The Morgan fingerprint density at radius 2 is 1.35 bits per heavy atom. The minimum atomic E-state index is 0.0748. The molecule has 4 rings (SSSR count). The predicted molar refractivity (Wildman–Crippen MR) is 108 cm³/mol. The maximum Gasteiger partial charge on any atom is 0.131 e. The Bertz CT molecular complexity index is 1100. The first-order chi connectivity index (χ1) is 12.6. The minimum Gasteiger partial charge on any atom is -0.384 e. The summed E-state index contributed by atoms with van der Waals surface area (Å²) in [4.78, 5) is 4.34. The Labute approximate surface area is 151 Å². The molecule has 1 heterocycles. The zero-order valence-electron chi connectivity index (χ0n) is 14.1. The lowest BCUT2D eigenvalue weighted by atomic mass is 9.97. The molecule has 0 saturated heterocycles. The van der Waals surface area contributed by atoms with Crippen molar-refractivity contribution in [2.24, 2.45) is 5.73 Å². The van der Waals surface area contributed by atoms with Crippen LogP contribution in [0.15, 0.2) is 79.0 Å². The number of pyridine rings is 1. The van der Waals surface area contributed by atoms with Gasteiger partial charge >= 0.3 is 0 Å². The number of fused-ring (bicyclic) bond motifs is 1. The number of aromatic nitrogens is 1. The van der Waals surface area contributed by atoms with E-state index in [1.54, 1.807) is 6.20 Å². The first-order valence-electron chi connectivity index (χ1n) is 8.32. The molecule has 1 aromatic heterocycles. The van der Waals surface area contributed by atoms with Crippen molar-refractivity contribution in [2.45, 2.75) is 0 Å². The summed E-state index contributed by atoms with van der Waals surface area (Å²) in [5.74, 6) is 0.605. The fourth-order valence-corrected chi connectivity index (χ4v) is 3.15. The molecule has 0 amide bonds. The molecule has 5 N–H and O–H groups in total. The van der Waals surface area contributed by atoms with E-state index in [1.165, 1.54) is 0 Å². The molecule has 0 bridgehead atoms. The third-order valence-electron chi connectivity index (χ3n) is 4.53. The average molecular weight is 338 g/mol. The number of hydrogen-bond donors (Lipinski definition) is 3. The molecule has 0 atom stereocenters. The summed E-state index contributed by atoms with van der Waals surface area (Å²) < 4.78 is 0. The van der Waals surface area contributed by atoms with Gasteiger partial charge in [0, 0.05) is 22.7 Å². The van der Waals surface area contributed by atoms with Crippen molar-refractivity contribution in [3.8, 4) is 22.3 Å². The third kappa shape index (κ3) is 2.78. The zero-order chi connectivity index (χ0) is 18.1. The van der Waals surface area contributed by atoms with Gasteiger partial charge in [0.05, 0.1) is 0 Å². The molecule has 26 heavy (non-hydrogen) atoms. The topological polar surface area (TPSA) is 88.8 Å². The van der Waals surface area contributed by atoms with Crippen LogP contribution in [0.3, 0.4) is 0 Å². The highest BCUT2D eigenvalue weighted by Gasteiger charge is 2.09. The quantitative estimate of drug-likeness (QED) is 0.381. The molecule has 126 valence electrons. The zero-order valence-corrected chi connectivity index (χ0v) is 14.1. The van der Waals surface area contributed by atoms with Gasteiger partial charge in [-0.05, 0) is 22.1 Å². The van der Waals surface area contributed by atoms with Crippen LogP contribution in [0.2, 0.25) is 0 Å². The van der Waals surface area contributed by atoms with E-state index in [4.69, 9.17) is 16.9 Å². The second-order valence-electron chi connectivity index (χ2n) is 6.17. The average Bonchev–Trinajstić information content (AvgIpc) is 2.68. The fourth-order valence-electron chi connectivity index (χ4n) is 3.15. The molecule has 3 aromatic carbocycles. The maximum absolute atomic E-state index is 7.48. The van der Waals surface area contributed by atoms with E-state index in [9.17, 15) is 0 Å². The molecule has 0 spiro atoms. The molecular formula is C22H18N4. The van der Waals surface area contributed by atoms with Crippen molar-refractivity contribution in [2.75, 3.05) is 5.73 Å². The van der Waals surface area contributed by atoms with Crippen LogP contribution in [-0.2, 0) is 0 Å². The Morgan fingerprint density at radius 3 is 2.00 bits per heavy atom.